The second-order valence-electron chi connectivity index (χ2n) is 4.99. The first kappa shape index (κ1) is 9.47. The molecular formula is C11H22N2. The zero-order valence-corrected chi connectivity index (χ0v) is 8.52. The lowest BCUT2D eigenvalue weighted by atomic mass is 9.76. The lowest BCUT2D eigenvalue weighted by molar-refractivity contribution is 0.243. The van der Waals surface area contributed by atoms with Gasteiger partial charge in [0.2, 0.25) is 0 Å². The Morgan fingerprint density at radius 1 is 1.23 bits per heavy atom. The van der Waals surface area contributed by atoms with Crippen LogP contribution in [0, 0.1) is 5.92 Å². The van der Waals surface area contributed by atoms with Crippen LogP contribution in [-0.4, -0.2) is 18.6 Å². The molecule has 0 amide bonds. The van der Waals surface area contributed by atoms with Crippen LogP contribution in [0.15, 0.2) is 0 Å². The minimum atomic E-state index is 0.203. The third-order valence-electron chi connectivity index (χ3n) is 3.71. The van der Waals surface area contributed by atoms with E-state index in [2.05, 4.69) is 5.32 Å². The minimum Gasteiger partial charge on any atom is -0.325 e. The summed E-state index contributed by atoms with van der Waals surface area (Å²) < 4.78 is 0. The first-order valence-corrected chi connectivity index (χ1v) is 5.78. The van der Waals surface area contributed by atoms with Crippen molar-refractivity contribution in [2.75, 3.05) is 13.1 Å². The number of rotatable bonds is 2. The van der Waals surface area contributed by atoms with Gasteiger partial charge in [0.1, 0.15) is 0 Å². The topological polar surface area (TPSA) is 38.0 Å². The minimum absolute atomic E-state index is 0.203. The molecule has 1 aliphatic heterocycles. The third kappa shape index (κ3) is 2.44. The van der Waals surface area contributed by atoms with Gasteiger partial charge in [0, 0.05) is 5.54 Å². The second kappa shape index (κ2) is 3.97. The van der Waals surface area contributed by atoms with Crippen molar-refractivity contribution in [2.24, 2.45) is 11.7 Å². The van der Waals surface area contributed by atoms with Gasteiger partial charge in [-0.05, 0) is 44.7 Å². The smallest absolute Gasteiger partial charge is 0.0157 e. The van der Waals surface area contributed by atoms with Crippen LogP contribution < -0.4 is 11.1 Å². The fourth-order valence-corrected chi connectivity index (χ4v) is 2.92. The fraction of sp³-hybridized carbons (Fsp3) is 1.00. The highest BCUT2D eigenvalue weighted by molar-refractivity contribution is 4.91. The van der Waals surface area contributed by atoms with Crippen molar-refractivity contribution in [1.82, 2.24) is 5.32 Å². The van der Waals surface area contributed by atoms with Crippen LogP contribution in [-0.2, 0) is 0 Å². The molecule has 1 aliphatic carbocycles. The highest BCUT2D eigenvalue weighted by Crippen LogP contribution is 2.32. The molecule has 76 valence electrons. The lowest BCUT2D eigenvalue weighted by Gasteiger charge is -2.35. The molecule has 0 aromatic heterocycles. The van der Waals surface area contributed by atoms with Gasteiger partial charge in [-0.25, -0.2) is 0 Å². The maximum atomic E-state index is 6.41. The van der Waals surface area contributed by atoms with E-state index in [1.165, 1.54) is 58.0 Å². The predicted molar refractivity (Wildman–Crippen MR) is 55.6 cm³/mol. The quantitative estimate of drug-likeness (QED) is 0.681. The average molecular weight is 182 g/mol. The summed E-state index contributed by atoms with van der Waals surface area (Å²) in [4.78, 5) is 0. The van der Waals surface area contributed by atoms with Crippen molar-refractivity contribution in [3.63, 3.8) is 0 Å². The highest BCUT2D eigenvalue weighted by Gasteiger charge is 2.31. The molecule has 1 saturated carbocycles. The molecular weight excluding hydrogens is 160 g/mol. The van der Waals surface area contributed by atoms with Crippen LogP contribution in [0.5, 0.6) is 0 Å². The van der Waals surface area contributed by atoms with E-state index in [0.29, 0.717) is 0 Å². The van der Waals surface area contributed by atoms with Crippen molar-refractivity contribution < 1.29 is 0 Å². The average Bonchev–Trinajstić information content (AvgIpc) is 2.57. The van der Waals surface area contributed by atoms with E-state index in [-0.39, 0.29) is 5.54 Å². The van der Waals surface area contributed by atoms with Gasteiger partial charge in [-0.15, -0.1) is 0 Å². The van der Waals surface area contributed by atoms with E-state index in [4.69, 9.17) is 5.73 Å². The molecule has 3 N–H and O–H groups in total. The summed E-state index contributed by atoms with van der Waals surface area (Å²) in [6, 6.07) is 0. The molecule has 2 aliphatic rings. The summed E-state index contributed by atoms with van der Waals surface area (Å²) in [5, 5.41) is 3.42. The molecule has 1 atom stereocenters. The summed E-state index contributed by atoms with van der Waals surface area (Å²) in [5.74, 6) is 0.864. The number of hydrogen-bond acceptors (Lipinski definition) is 2. The Bertz CT molecular complexity index is 155. The molecule has 0 spiro atoms. The maximum Gasteiger partial charge on any atom is 0.0157 e. The van der Waals surface area contributed by atoms with Gasteiger partial charge in [0.15, 0.2) is 0 Å². The zero-order chi connectivity index (χ0) is 9.15. The Labute approximate surface area is 81.3 Å². The van der Waals surface area contributed by atoms with Gasteiger partial charge >= 0.3 is 0 Å². The molecule has 1 unspecified atom stereocenters. The van der Waals surface area contributed by atoms with E-state index >= 15 is 0 Å². The summed E-state index contributed by atoms with van der Waals surface area (Å²) in [6.45, 7) is 2.42. The SMILES string of the molecule is NC1(CC2CCNC2)CCCCC1. The van der Waals surface area contributed by atoms with E-state index in [0.717, 1.165) is 5.92 Å². The van der Waals surface area contributed by atoms with E-state index in [1.807, 2.05) is 0 Å². The molecule has 13 heavy (non-hydrogen) atoms. The van der Waals surface area contributed by atoms with E-state index < -0.39 is 0 Å². The summed E-state index contributed by atoms with van der Waals surface area (Å²) in [6.07, 6.45) is 9.26. The Morgan fingerprint density at radius 3 is 2.62 bits per heavy atom. The van der Waals surface area contributed by atoms with E-state index in [9.17, 15) is 0 Å². The van der Waals surface area contributed by atoms with Crippen molar-refractivity contribution in [2.45, 2.75) is 50.5 Å². The molecule has 1 saturated heterocycles. The van der Waals surface area contributed by atoms with Gasteiger partial charge < -0.3 is 11.1 Å². The first-order chi connectivity index (χ1) is 6.29. The Kier molecular flexibility index (Phi) is 2.89. The van der Waals surface area contributed by atoms with Gasteiger partial charge in [0.25, 0.3) is 0 Å². The van der Waals surface area contributed by atoms with Gasteiger partial charge in [-0.2, -0.15) is 0 Å². The summed E-state index contributed by atoms with van der Waals surface area (Å²) in [5.41, 5.74) is 6.61. The molecule has 0 aromatic carbocycles. The Balaban J connectivity index is 1.83. The summed E-state index contributed by atoms with van der Waals surface area (Å²) in [7, 11) is 0. The molecule has 1 heterocycles. The van der Waals surface area contributed by atoms with Gasteiger partial charge in [-0.1, -0.05) is 19.3 Å². The summed E-state index contributed by atoms with van der Waals surface area (Å²) >= 11 is 0. The largest absolute Gasteiger partial charge is 0.325 e. The van der Waals surface area contributed by atoms with Crippen LogP contribution in [0.3, 0.4) is 0 Å². The standard InChI is InChI=1S/C11H22N2/c12-11(5-2-1-3-6-11)8-10-4-7-13-9-10/h10,13H,1-9,12H2. The number of hydrogen-bond donors (Lipinski definition) is 2. The van der Waals surface area contributed by atoms with Crippen LogP contribution in [0.1, 0.15) is 44.9 Å². The normalized spacial score (nSPS) is 33.5. The lowest BCUT2D eigenvalue weighted by Crippen LogP contribution is -2.43. The van der Waals surface area contributed by atoms with Crippen molar-refractivity contribution in [3.8, 4) is 0 Å². The third-order valence-corrected chi connectivity index (χ3v) is 3.71. The molecule has 0 radical (unpaired) electrons. The number of nitrogens with one attached hydrogen (secondary N) is 1. The molecule has 0 aromatic rings. The molecule has 2 nitrogen and oxygen atoms in total. The Morgan fingerprint density at radius 2 is 2.00 bits per heavy atom. The number of nitrogens with two attached hydrogens (primary N) is 1. The molecule has 2 rings (SSSR count). The van der Waals surface area contributed by atoms with Gasteiger partial charge in [0.05, 0.1) is 0 Å². The fourth-order valence-electron chi connectivity index (χ4n) is 2.92. The Hall–Kier alpha value is -0.0800. The van der Waals surface area contributed by atoms with E-state index in [1.54, 1.807) is 0 Å². The second-order valence-corrected chi connectivity index (χ2v) is 4.99. The first-order valence-electron chi connectivity index (χ1n) is 5.78. The van der Waals surface area contributed by atoms with Crippen LogP contribution in [0.4, 0.5) is 0 Å². The monoisotopic (exact) mass is 182 g/mol. The highest BCUT2D eigenvalue weighted by atomic mass is 14.9. The molecule has 2 fully saturated rings. The molecule has 2 heteroatoms. The van der Waals surface area contributed by atoms with Crippen molar-refractivity contribution in [3.05, 3.63) is 0 Å². The van der Waals surface area contributed by atoms with Crippen LogP contribution in [0.2, 0.25) is 0 Å². The zero-order valence-electron chi connectivity index (χ0n) is 8.52. The maximum absolute atomic E-state index is 6.41. The van der Waals surface area contributed by atoms with Crippen LogP contribution >= 0.6 is 0 Å². The molecule has 0 bridgehead atoms. The van der Waals surface area contributed by atoms with Crippen molar-refractivity contribution >= 4 is 0 Å². The van der Waals surface area contributed by atoms with Gasteiger partial charge in [-0.3, -0.25) is 0 Å². The predicted octanol–water partition coefficient (Wildman–Crippen LogP) is 1.65. The van der Waals surface area contributed by atoms with Crippen LogP contribution in [0.25, 0.3) is 0 Å². The van der Waals surface area contributed by atoms with Crippen molar-refractivity contribution in [1.29, 1.82) is 0 Å².